The van der Waals surface area contributed by atoms with Crippen LogP contribution in [0.15, 0.2) is 11.6 Å². The van der Waals surface area contributed by atoms with Crippen LogP contribution in [-0.4, -0.2) is 68.5 Å². The van der Waals surface area contributed by atoms with E-state index in [9.17, 15) is 10.1 Å². The van der Waals surface area contributed by atoms with Gasteiger partial charge in [-0.25, -0.2) is 0 Å². The molecule has 1 aliphatic heterocycles. The number of rotatable bonds is 9. The molecular weight excluding hydrogens is 356 g/mol. The van der Waals surface area contributed by atoms with E-state index in [1.165, 1.54) is 0 Å². The van der Waals surface area contributed by atoms with Crippen molar-refractivity contribution in [3.63, 3.8) is 0 Å². The number of nitrogens with one attached hydrogen (secondary N) is 1. The zero-order valence-corrected chi connectivity index (χ0v) is 17.5. The number of morpholine rings is 1. The van der Waals surface area contributed by atoms with Gasteiger partial charge in [-0.05, 0) is 51.4 Å². The Morgan fingerprint density at radius 1 is 1.43 bits per heavy atom. The number of aryl methyl sites for hydroxylation is 1. The molecule has 1 N–H and O–H groups in total. The topological polar surface area (TPSA) is 79.5 Å². The first-order valence-electron chi connectivity index (χ1n) is 9.85. The van der Waals surface area contributed by atoms with E-state index in [4.69, 9.17) is 9.47 Å². The Bertz CT molecular complexity index is 727. The van der Waals surface area contributed by atoms with Crippen LogP contribution in [0.2, 0.25) is 0 Å². The Kier molecular flexibility index (Phi) is 8.71. The summed E-state index contributed by atoms with van der Waals surface area (Å²) < 4.78 is 12.8. The smallest absolute Gasteiger partial charge is 0.261 e. The summed E-state index contributed by atoms with van der Waals surface area (Å²) >= 11 is 0. The first-order chi connectivity index (χ1) is 13.5. The number of ether oxygens (including phenoxy) is 2. The highest BCUT2D eigenvalue weighted by Crippen LogP contribution is 2.22. The fourth-order valence-corrected chi connectivity index (χ4v) is 3.67. The SMILES string of the molecule is COCC(C)n1c(C)cc(/C=C(\C#N)C(=O)NCCCN2CCOCC2)c1C. The predicted molar refractivity (Wildman–Crippen MR) is 109 cm³/mol. The van der Waals surface area contributed by atoms with Gasteiger partial charge in [-0.2, -0.15) is 5.26 Å². The Hall–Kier alpha value is -2.14. The molecule has 1 atom stereocenters. The fourth-order valence-electron chi connectivity index (χ4n) is 3.67. The van der Waals surface area contributed by atoms with Crippen molar-refractivity contribution in [2.45, 2.75) is 33.2 Å². The van der Waals surface area contributed by atoms with Gasteiger partial charge in [0.15, 0.2) is 0 Å². The Balaban J connectivity index is 1.96. The highest BCUT2D eigenvalue weighted by molar-refractivity contribution is 6.01. The minimum Gasteiger partial charge on any atom is -0.383 e. The molecule has 0 saturated carbocycles. The molecule has 7 heteroatoms. The van der Waals surface area contributed by atoms with Crippen LogP contribution in [0.1, 0.15) is 36.3 Å². The van der Waals surface area contributed by atoms with Gasteiger partial charge in [-0.1, -0.05) is 0 Å². The monoisotopic (exact) mass is 388 g/mol. The largest absolute Gasteiger partial charge is 0.383 e. The maximum absolute atomic E-state index is 12.4. The van der Waals surface area contributed by atoms with Crippen molar-refractivity contribution in [2.75, 3.05) is 53.1 Å². The van der Waals surface area contributed by atoms with Gasteiger partial charge in [-0.15, -0.1) is 0 Å². The maximum atomic E-state index is 12.4. The third kappa shape index (κ3) is 5.93. The van der Waals surface area contributed by atoms with Crippen molar-refractivity contribution >= 4 is 12.0 Å². The summed E-state index contributed by atoms with van der Waals surface area (Å²) in [6.07, 6.45) is 2.53. The van der Waals surface area contributed by atoms with Gasteiger partial charge in [0.1, 0.15) is 11.6 Å². The molecule has 1 aliphatic rings. The van der Waals surface area contributed by atoms with Crippen molar-refractivity contribution in [3.05, 3.63) is 28.6 Å². The van der Waals surface area contributed by atoms with Crippen LogP contribution in [0.5, 0.6) is 0 Å². The number of hydrogen-bond donors (Lipinski definition) is 1. The first-order valence-corrected chi connectivity index (χ1v) is 9.85. The number of methoxy groups -OCH3 is 1. The van der Waals surface area contributed by atoms with Crippen LogP contribution >= 0.6 is 0 Å². The lowest BCUT2D eigenvalue weighted by Crippen LogP contribution is -2.38. The number of hydrogen-bond acceptors (Lipinski definition) is 5. The van der Waals surface area contributed by atoms with Crippen molar-refractivity contribution in [1.82, 2.24) is 14.8 Å². The van der Waals surface area contributed by atoms with Gasteiger partial charge in [0.2, 0.25) is 0 Å². The Labute approximate surface area is 167 Å². The molecule has 1 amide bonds. The van der Waals surface area contributed by atoms with Crippen LogP contribution in [0.25, 0.3) is 6.08 Å². The standard InChI is InChI=1S/C21H32N4O3/c1-16-12-19(18(3)25(16)17(2)15-27-4)13-20(14-22)21(26)23-6-5-7-24-8-10-28-11-9-24/h12-13,17H,5-11,15H2,1-4H3,(H,23,26)/b20-13+. The molecule has 154 valence electrons. The van der Waals surface area contributed by atoms with Gasteiger partial charge in [0, 0.05) is 38.1 Å². The summed E-state index contributed by atoms with van der Waals surface area (Å²) in [6, 6.07) is 4.23. The van der Waals surface area contributed by atoms with Gasteiger partial charge in [-0.3, -0.25) is 9.69 Å². The molecule has 0 bridgehead atoms. The number of amides is 1. The van der Waals surface area contributed by atoms with Crippen molar-refractivity contribution < 1.29 is 14.3 Å². The molecular formula is C21H32N4O3. The summed E-state index contributed by atoms with van der Waals surface area (Å²) in [4.78, 5) is 14.7. The van der Waals surface area contributed by atoms with Crippen LogP contribution in [-0.2, 0) is 14.3 Å². The van der Waals surface area contributed by atoms with Crippen LogP contribution in [0, 0.1) is 25.2 Å². The predicted octanol–water partition coefficient (Wildman–Crippen LogP) is 2.06. The number of carbonyl (C=O) groups excluding carboxylic acids is 1. The second-order valence-corrected chi connectivity index (χ2v) is 7.23. The van der Waals surface area contributed by atoms with Crippen LogP contribution in [0.4, 0.5) is 0 Å². The highest BCUT2D eigenvalue weighted by Gasteiger charge is 2.16. The third-order valence-corrected chi connectivity index (χ3v) is 5.08. The molecule has 0 spiro atoms. The van der Waals surface area contributed by atoms with Gasteiger partial charge < -0.3 is 19.4 Å². The molecule has 1 aromatic heterocycles. The number of carbonyl (C=O) groups is 1. The van der Waals surface area contributed by atoms with E-state index in [0.717, 1.165) is 56.2 Å². The average molecular weight is 389 g/mol. The molecule has 28 heavy (non-hydrogen) atoms. The molecule has 1 unspecified atom stereocenters. The maximum Gasteiger partial charge on any atom is 0.261 e. The lowest BCUT2D eigenvalue weighted by molar-refractivity contribution is -0.117. The highest BCUT2D eigenvalue weighted by atomic mass is 16.5. The Morgan fingerprint density at radius 3 is 2.79 bits per heavy atom. The van der Waals surface area contributed by atoms with E-state index < -0.39 is 0 Å². The molecule has 2 rings (SSSR count). The van der Waals surface area contributed by atoms with Crippen molar-refractivity contribution in [1.29, 1.82) is 5.26 Å². The van der Waals surface area contributed by atoms with Gasteiger partial charge in [0.05, 0.1) is 25.9 Å². The zero-order chi connectivity index (χ0) is 20.5. The average Bonchev–Trinajstić information content (AvgIpc) is 2.97. The molecule has 7 nitrogen and oxygen atoms in total. The summed E-state index contributed by atoms with van der Waals surface area (Å²) in [5.41, 5.74) is 3.12. The van der Waals surface area contributed by atoms with Crippen molar-refractivity contribution in [3.8, 4) is 6.07 Å². The van der Waals surface area contributed by atoms with E-state index in [0.29, 0.717) is 13.2 Å². The second-order valence-electron chi connectivity index (χ2n) is 7.23. The first kappa shape index (κ1) is 22.2. The number of aromatic nitrogens is 1. The van der Waals surface area contributed by atoms with E-state index >= 15 is 0 Å². The van der Waals surface area contributed by atoms with E-state index in [1.54, 1.807) is 13.2 Å². The number of nitrogens with zero attached hydrogens (tertiary/aromatic N) is 3. The molecule has 1 aromatic rings. The van der Waals surface area contributed by atoms with E-state index in [2.05, 4.69) is 21.7 Å². The van der Waals surface area contributed by atoms with Crippen LogP contribution in [0.3, 0.4) is 0 Å². The summed E-state index contributed by atoms with van der Waals surface area (Å²) in [5, 5.41) is 12.3. The molecule has 1 saturated heterocycles. The number of nitriles is 1. The van der Waals surface area contributed by atoms with E-state index in [-0.39, 0.29) is 17.5 Å². The zero-order valence-electron chi connectivity index (χ0n) is 17.5. The molecule has 0 aliphatic carbocycles. The normalized spacial score (nSPS) is 16.6. The van der Waals surface area contributed by atoms with E-state index in [1.807, 2.05) is 26.0 Å². The summed E-state index contributed by atoms with van der Waals surface area (Å²) in [7, 11) is 1.68. The quantitative estimate of drug-likeness (QED) is 0.398. The summed E-state index contributed by atoms with van der Waals surface area (Å²) in [5.74, 6) is -0.320. The fraction of sp³-hybridized carbons (Fsp3) is 0.619. The lowest BCUT2D eigenvalue weighted by Gasteiger charge is -2.26. The summed E-state index contributed by atoms with van der Waals surface area (Å²) in [6.45, 7) is 11.6. The third-order valence-electron chi connectivity index (χ3n) is 5.08. The molecule has 0 aromatic carbocycles. The minimum atomic E-state index is -0.320. The molecule has 2 heterocycles. The van der Waals surface area contributed by atoms with Gasteiger partial charge >= 0.3 is 0 Å². The lowest BCUT2D eigenvalue weighted by atomic mass is 10.1. The van der Waals surface area contributed by atoms with Crippen LogP contribution < -0.4 is 5.32 Å². The minimum absolute atomic E-state index is 0.131. The van der Waals surface area contributed by atoms with Crippen molar-refractivity contribution in [2.24, 2.45) is 0 Å². The molecule has 1 fully saturated rings. The second kappa shape index (κ2) is 11.0. The van der Waals surface area contributed by atoms with Gasteiger partial charge in [0.25, 0.3) is 5.91 Å². The molecule has 0 radical (unpaired) electrons. The Morgan fingerprint density at radius 2 is 2.14 bits per heavy atom.